The Hall–Kier alpha value is -2.17. The van der Waals surface area contributed by atoms with Gasteiger partial charge in [-0.2, -0.15) is 0 Å². The van der Waals surface area contributed by atoms with Crippen molar-refractivity contribution in [1.82, 2.24) is 0 Å². The number of para-hydroxylation sites is 1. The molecule has 0 saturated carbocycles. The van der Waals surface area contributed by atoms with E-state index in [9.17, 15) is 14.4 Å². The van der Waals surface area contributed by atoms with Gasteiger partial charge in [-0.15, -0.1) is 0 Å². The summed E-state index contributed by atoms with van der Waals surface area (Å²) in [5.74, 6) is -0.837. The second-order valence-corrected chi connectivity index (χ2v) is 4.11. The molecular weight excluding hydrogens is 234 g/mol. The number of hydrogen-bond donors (Lipinski definition) is 0. The second kappa shape index (κ2) is 4.60. The number of nitrogens with zero attached hydrogens (tertiary/aromatic N) is 1. The third-order valence-corrected chi connectivity index (χ3v) is 2.76. The van der Waals surface area contributed by atoms with Crippen molar-refractivity contribution in [2.75, 3.05) is 4.90 Å². The molecule has 0 spiro atoms. The first-order valence-corrected chi connectivity index (χ1v) is 5.64. The molecule has 1 aliphatic heterocycles. The van der Waals surface area contributed by atoms with Crippen molar-refractivity contribution in [2.24, 2.45) is 0 Å². The van der Waals surface area contributed by atoms with Crippen LogP contribution in [0.1, 0.15) is 25.8 Å². The number of aryl methyl sites for hydroxylation is 1. The van der Waals surface area contributed by atoms with Crippen molar-refractivity contribution in [2.45, 2.75) is 26.7 Å². The van der Waals surface area contributed by atoms with Gasteiger partial charge in [0.15, 0.2) is 5.75 Å². The molecule has 0 bridgehead atoms. The lowest BCUT2D eigenvalue weighted by molar-refractivity contribution is -0.135. The number of anilines is 1. The summed E-state index contributed by atoms with van der Waals surface area (Å²) >= 11 is 0. The molecule has 1 heterocycles. The van der Waals surface area contributed by atoms with Gasteiger partial charge in [0.1, 0.15) is 0 Å². The van der Waals surface area contributed by atoms with Gasteiger partial charge in [-0.05, 0) is 18.1 Å². The Morgan fingerprint density at radius 2 is 1.83 bits per heavy atom. The van der Waals surface area contributed by atoms with Gasteiger partial charge < -0.3 is 4.74 Å². The van der Waals surface area contributed by atoms with Gasteiger partial charge in [0.05, 0.1) is 12.1 Å². The van der Waals surface area contributed by atoms with Crippen LogP contribution in [0.5, 0.6) is 5.75 Å². The fourth-order valence-electron chi connectivity index (χ4n) is 2.02. The number of benzene rings is 1. The molecule has 0 aliphatic carbocycles. The molecule has 0 aromatic heterocycles. The molecule has 0 atom stereocenters. The second-order valence-electron chi connectivity index (χ2n) is 4.11. The van der Waals surface area contributed by atoms with E-state index < -0.39 is 11.8 Å². The minimum Gasteiger partial charge on any atom is -0.424 e. The van der Waals surface area contributed by atoms with Crippen LogP contribution in [0, 0.1) is 0 Å². The Morgan fingerprint density at radius 3 is 2.44 bits per heavy atom. The highest BCUT2D eigenvalue weighted by molar-refractivity contribution is 6.14. The quantitative estimate of drug-likeness (QED) is 0.556. The minimum absolute atomic E-state index is 0.316. The highest BCUT2D eigenvalue weighted by Gasteiger charge is 2.26. The normalized spacial score (nSPS) is 13.6. The Bertz CT molecular complexity index is 522. The summed E-state index contributed by atoms with van der Waals surface area (Å²) in [5, 5.41) is 0. The number of rotatable bonds is 1. The Kier molecular flexibility index (Phi) is 3.14. The van der Waals surface area contributed by atoms with Crippen LogP contribution in [0.25, 0.3) is 0 Å². The van der Waals surface area contributed by atoms with E-state index in [1.165, 1.54) is 13.8 Å². The maximum atomic E-state index is 11.5. The van der Waals surface area contributed by atoms with E-state index in [-0.39, 0.29) is 5.97 Å². The molecule has 1 aromatic carbocycles. The zero-order valence-electron chi connectivity index (χ0n) is 10.2. The summed E-state index contributed by atoms with van der Waals surface area (Å²) in [4.78, 5) is 35.4. The van der Waals surface area contributed by atoms with Gasteiger partial charge in [0.2, 0.25) is 11.8 Å². The van der Waals surface area contributed by atoms with Gasteiger partial charge in [-0.1, -0.05) is 12.1 Å². The lowest BCUT2D eigenvalue weighted by Gasteiger charge is -2.24. The van der Waals surface area contributed by atoms with Gasteiger partial charge in [-0.3, -0.25) is 14.4 Å². The molecule has 5 heteroatoms. The zero-order chi connectivity index (χ0) is 13.3. The SMILES string of the molecule is CC(=O)N(C(C)=O)c1cccc2c1OC(=O)CC2. The number of carbonyl (C=O) groups excluding carboxylic acids is 3. The number of carbonyl (C=O) groups is 3. The van der Waals surface area contributed by atoms with Crippen LogP contribution >= 0.6 is 0 Å². The third-order valence-electron chi connectivity index (χ3n) is 2.76. The molecule has 5 nitrogen and oxygen atoms in total. The van der Waals surface area contributed by atoms with Crippen molar-refractivity contribution >= 4 is 23.5 Å². The van der Waals surface area contributed by atoms with E-state index in [1.54, 1.807) is 12.1 Å². The maximum absolute atomic E-state index is 11.5. The predicted molar refractivity (Wildman–Crippen MR) is 64.2 cm³/mol. The van der Waals surface area contributed by atoms with Gasteiger partial charge >= 0.3 is 5.97 Å². The molecule has 1 aliphatic rings. The van der Waals surface area contributed by atoms with Gasteiger partial charge in [-0.25, -0.2) is 4.90 Å². The van der Waals surface area contributed by atoms with Crippen molar-refractivity contribution < 1.29 is 19.1 Å². The molecule has 0 unspecified atom stereocenters. The van der Waals surface area contributed by atoms with E-state index in [1.807, 2.05) is 6.07 Å². The van der Waals surface area contributed by atoms with Crippen LogP contribution in [0.2, 0.25) is 0 Å². The molecule has 1 aromatic rings. The van der Waals surface area contributed by atoms with Crippen molar-refractivity contribution in [3.63, 3.8) is 0 Å². The number of ether oxygens (including phenoxy) is 1. The Labute approximate surface area is 104 Å². The van der Waals surface area contributed by atoms with E-state index in [0.717, 1.165) is 10.5 Å². The standard InChI is InChI=1S/C13H13NO4/c1-8(15)14(9(2)16)11-5-3-4-10-6-7-12(17)18-13(10)11/h3-5H,6-7H2,1-2H3. The summed E-state index contributed by atoms with van der Waals surface area (Å²) < 4.78 is 5.16. The van der Waals surface area contributed by atoms with Crippen LogP contribution in [0.4, 0.5) is 5.69 Å². The highest BCUT2D eigenvalue weighted by atomic mass is 16.5. The summed E-state index contributed by atoms with van der Waals surface area (Å²) in [5.41, 5.74) is 1.17. The fourth-order valence-corrected chi connectivity index (χ4v) is 2.02. The molecule has 0 radical (unpaired) electrons. The monoisotopic (exact) mass is 247 g/mol. The van der Waals surface area contributed by atoms with E-state index in [4.69, 9.17) is 4.74 Å². The van der Waals surface area contributed by atoms with Crippen LogP contribution in [0.15, 0.2) is 18.2 Å². The molecular formula is C13H13NO4. The molecule has 18 heavy (non-hydrogen) atoms. The topological polar surface area (TPSA) is 63.7 Å². The first kappa shape index (κ1) is 12.3. The van der Waals surface area contributed by atoms with Crippen molar-refractivity contribution in [3.05, 3.63) is 23.8 Å². The van der Waals surface area contributed by atoms with Crippen LogP contribution in [-0.2, 0) is 20.8 Å². The van der Waals surface area contributed by atoms with Crippen LogP contribution < -0.4 is 9.64 Å². The van der Waals surface area contributed by atoms with E-state index in [0.29, 0.717) is 24.3 Å². The Balaban J connectivity index is 2.54. The van der Waals surface area contributed by atoms with Crippen molar-refractivity contribution in [3.8, 4) is 5.75 Å². The summed E-state index contributed by atoms with van der Waals surface area (Å²) in [7, 11) is 0. The number of esters is 1. The van der Waals surface area contributed by atoms with E-state index in [2.05, 4.69) is 0 Å². The zero-order valence-corrected chi connectivity index (χ0v) is 10.2. The third kappa shape index (κ3) is 2.11. The van der Waals surface area contributed by atoms with Gasteiger partial charge in [0.25, 0.3) is 0 Å². The molecule has 2 rings (SSSR count). The minimum atomic E-state index is -0.405. The van der Waals surface area contributed by atoms with Crippen LogP contribution in [-0.4, -0.2) is 17.8 Å². The van der Waals surface area contributed by atoms with Crippen molar-refractivity contribution in [1.29, 1.82) is 0 Å². The molecule has 94 valence electrons. The smallest absolute Gasteiger partial charge is 0.311 e. The Morgan fingerprint density at radius 1 is 1.17 bits per heavy atom. The lowest BCUT2D eigenvalue weighted by atomic mass is 10.0. The molecule has 0 saturated heterocycles. The van der Waals surface area contributed by atoms with E-state index >= 15 is 0 Å². The molecule has 2 amide bonds. The number of hydrogen-bond acceptors (Lipinski definition) is 4. The highest BCUT2D eigenvalue weighted by Crippen LogP contribution is 2.36. The molecule has 0 fully saturated rings. The van der Waals surface area contributed by atoms with Gasteiger partial charge in [0, 0.05) is 13.8 Å². The average molecular weight is 247 g/mol. The fraction of sp³-hybridized carbons (Fsp3) is 0.308. The number of imide groups is 1. The first-order chi connectivity index (χ1) is 8.50. The summed E-state index contributed by atoms with van der Waals surface area (Å²) in [6.07, 6.45) is 0.877. The predicted octanol–water partition coefficient (Wildman–Crippen LogP) is 1.44. The first-order valence-electron chi connectivity index (χ1n) is 5.64. The largest absolute Gasteiger partial charge is 0.424 e. The summed E-state index contributed by atoms with van der Waals surface area (Å²) in [6.45, 7) is 2.59. The molecule has 0 N–H and O–H groups in total. The average Bonchev–Trinajstić information content (AvgIpc) is 2.29. The number of fused-ring (bicyclic) bond motifs is 1. The maximum Gasteiger partial charge on any atom is 0.311 e. The number of amides is 2. The lowest BCUT2D eigenvalue weighted by Crippen LogP contribution is -2.34. The summed E-state index contributed by atoms with van der Waals surface area (Å²) in [6, 6.07) is 5.16. The van der Waals surface area contributed by atoms with Crippen LogP contribution in [0.3, 0.4) is 0 Å².